The van der Waals surface area contributed by atoms with Gasteiger partial charge in [-0.2, -0.15) is 0 Å². The molecule has 0 spiro atoms. The molecule has 2 aliphatic heterocycles. The number of piperidine rings is 2. The summed E-state index contributed by atoms with van der Waals surface area (Å²) in [6.45, 7) is 5.18. The van der Waals surface area contributed by atoms with Gasteiger partial charge in [0.05, 0.1) is 0 Å². The number of likely N-dealkylation sites (tertiary alicyclic amines) is 2. The standard InChI is InChI=1S/C33H37FN4O4/c1-23(39)36-28-3-2-4-30(20-28)42-29-13-17-38(18-14-29)33(41)31-10-7-26(21-35-31)32(40)19-24-11-15-37(16-12-24)22-25-5-8-27(34)9-6-25/h2-10,20-21,24,29H,11-19,22H2,1H3,(H,36,39). The Hall–Kier alpha value is -4.11. The van der Waals surface area contributed by atoms with Crippen LogP contribution in [0.5, 0.6) is 5.75 Å². The molecule has 0 atom stereocenters. The number of carbonyl (C=O) groups excluding carboxylic acids is 3. The third kappa shape index (κ3) is 8.00. The Balaban J connectivity index is 1.05. The highest BCUT2D eigenvalue weighted by Crippen LogP contribution is 2.25. The second-order valence-electron chi connectivity index (χ2n) is 11.2. The van der Waals surface area contributed by atoms with E-state index < -0.39 is 0 Å². The maximum atomic E-state index is 13.2. The molecule has 220 valence electrons. The number of aromatic nitrogens is 1. The summed E-state index contributed by atoms with van der Waals surface area (Å²) >= 11 is 0. The number of anilines is 1. The van der Waals surface area contributed by atoms with Gasteiger partial charge in [-0.15, -0.1) is 0 Å². The summed E-state index contributed by atoms with van der Waals surface area (Å²) in [5.41, 5.74) is 2.65. The lowest BCUT2D eigenvalue weighted by Crippen LogP contribution is -2.42. The van der Waals surface area contributed by atoms with E-state index >= 15 is 0 Å². The second kappa shape index (κ2) is 13.7. The van der Waals surface area contributed by atoms with Crippen LogP contribution in [0, 0.1) is 11.7 Å². The van der Waals surface area contributed by atoms with E-state index in [0.717, 1.165) is 38.0 Å². The average molecular weight is 573 g/mol. The molecule has 1 aromatic heterocycles. The van der Waals surface area contributed by atoms with Gasteiger partial charge in [-0.3, -0.25) is 24.3 Å². The van der Waals surface area contributed by atoms with E-state index in [1.54, 1.807) is 23.1 Å². The maximum absolute atomic E-state index is 13.2. The highest BCUT2D eigenvalue weighted by molar-refractivity contribution is 5.97. The summed E-state index contributed by atoms with van der Waals surface area (Å²) in [5.74, 6) is 0.551. The van der Waals surface area contributed by atoms with Gasteiger partial charge in [0.25, 0.3) is 5.91 Å². The lowest BCUT2D eigenvalue weighted by atomic mass is 9.90. The lowest BCUT2D eigenvalue weighted by Gasteiger charge is -2.32. The molecule has 3 aromatic rings. The van der Waals surface area contributed by atoms with Crippen LogP contribution in [0.1, 0.15) is 65.4 Å². The minimum atomic E-state index is -0.224. The van der Waals surface area contributed by atoms with Crippen LogP contribution in [0.15, 0.2) is 66.9 Å². The van der Waals surface area contributed by atoms with Gasteiger partial charge < -0.3 is 15.0 Å². The molecular weight excluding hydrogens is 535 g/mol. The zero-order valence-corrected chi connectivity index (χ0v) is 23.9. The molecule has 2 aliphatic rings. The average Bonchev–Trinajstić information content (AvgIpc) is 2.99. The quantitative estimate of drug-likeness (QED) is 0.348. The van der Waals surface area contributed by atoms with Crippen LogP contribution >= 0.6 is 0 Å². The van der Waals surface area contributed by atoms with Crippen LogP contribution in [-0.4, -0.2) is 64.7 Å². The molecule has 0 saturated carbocycles. The summed E-state index contributed by atoms with van der Waals surface area (Å²) in [4.78, 5) is 45.8. The van der Waals surface area contributed by atoms with E-state index in [1.165, 1.54) is 25.3 Å². The minimum absolute atomic E-state index is 0.0237. The molecule has 42 heavy (non-hydrogen) atoms. The van der Waals surface area contributed by atoms with Crippen LogP contribution in [0.3, 0.4) is 0 Å². The third-order valence-electron chi connectivity index (χ3n) is 7.99. The van der Waals surface area contributed by atoms with Gasteiger partial charge in [0, 0.05) is 69.3 Å². The van der Waals surface area contributed by atoms with Crippen LogP contribution in [0.4, 0.5) is 10.1 Å². The molecule has 9 heteroatoms. The van der Waals surface area contributed by atoms with E-state index in [0.29, 0.717) is 61.0 Å². The summed E-state index contributed by atoms with van der Waals surface area (Å²) in [6, 6.07) is 17.3. The van der Waals surface area contributed by atoms with Gasteiger partial charge in [0.1, 0.15) is 23.4 Å². The van der Waals surface area contributed by atoms with Crippen molar-refractivity contribution in [1.82, 2.24) is 14.8 Å². The predicted molar refractivity (Wildman–Crippen MR) is 158 cm³/mol. The number of benzene rings is 2. The van der Waals surface area contributed by atoms with E-state index in [9.17, 15) is 18.8 Å². The van der Waals surface area contributed by atoms with Crippen molar-refractivity contribution in [3.63, 3.8) is 0 Å². The van der Waals surface area contributed by atoms with Crippen molar-refractivity contribution in [1.29, 1.82) is 0 Å². The fourth-order valence-electron chi connectivity index (χ4n) is 5.64. The molecule has 5 rings (SSSR count). The molecule has 0 radical (unpaired) electrons. The smallest absolute Gasteiger partial charge is 0.272 e. The fraction of sp³-hybridized carbons (Fsp3) is 0.394. The van der Waals surface area contributed by atoms with Crippen LogP contribution in [0.2, 0.25) is 0 Å². The molecule has 8 nitrogen and oxygen atoms in total. The Morgan fingerprint density at radius 3 is 2.36 bits per heavy atom. The highest BCUT2D eigenvalue weighted by Gasteiger charge is 2.26. The topological polar surface area (TPSA) is 91.8 Å². The normalized spacial score (nSPS) is 16.7. The molecule has 2 saturated heterocycles. The number of hydrogen-bond donors (Lipinski definition) is 1. The van der Waals surface area contributed by atoms with Gasteiger partial charge in [-0.25, -0.2) is 4.39 Å². The minimum Gasteiger partial charge on any atom is -0.490 e. The van der Waals surface area contributed by atoms with E-state index in [2.05, 4.69) is 15.2 Å². The monoisotopic (exact) mass is 572 g/mol. The Morgan fingerprint density at radius 2 is 1.69 bits per heavy atom. The van der Waals surface area contributed by atoms with Gasteiger partial charge in [-0.1, -0.05) is 18.2 Å². The number of ketones is 1. The largest absolute Gasteiger partial charge is 0.490 e. The lowest BCUT2D eigenvalue weighted by molar-refractivity contribution is -0.114. The van der Waals surface area contributed by atoms with Crippen LogP contribution < -0.4 is 10.1 Å². The van der Waals surface area contributed by atoms with Gasteiger partial charge in [0.15, 0.2) is 5.78 Å². The number of pyridine rings is 1. The molecule has 1 N–H and O–H groups in total. The summed E-state index contributed by atoms with van der Waals surface area (Å²) in [7, 11) is 0. The number of hydrogen-bond acceptors (Lipinski definition) is 6. The first-order chi connectivity index (χ1) is 20.3. The van der Waals surface area contributed by atoms with Crippen LogP contribution in [0.25, 0.3) is 0 Å². The Morgan fingerprint density at radius 1 is 0.952 bits per heavy atom. The number of rotatable bonds is 9. The number of carbonyl (C=O) groups is 3. The first kappa shape index (κ1) is 29.4. The van der Waals surface area contributed by atoms with E-state index in [4.69, 9.17) is 4.74 Å². The van der Waals surface area contributed by atoms with Gasteiger partial charge in [0.2, 0.25) is 5.91 Å². The molecule has 2 amide bonds. The predicted octanol–water partition coefficient (Wildman–Crippen LogP) is 5.35. The Labute approximate surface area is 245 Å². The maximum Gasteiger partial charge on any atom is 0.272 e. The van der Waals surface area contributed by atoms with E-state index in [-0.39, 0.29) is 29.5 Å². The summed E-state index contributed by atoms with van der Waals surface area (Å²) < 4.78 is 19.2. The number of Topliss-reactive ketones (excluding diaryl/α,β-unsaturated/α-hetero) is 1. The van der Waals surface area contributed by atoms with Crippen molar-refractivity contribution >= 4 is 23.3 Å². The Bertz CT molecular complexity index is 1380. The van der Waals surface area contributed by atoms with Crippen molar-refractivity contribution in [2.24, 2.45) is 5.92 Å². The first-order valence-corrected chi connectivity index (χ1v) is 14.6. The van der Waals surface area contributed by atoms with Crippen molar-refractivity contribution < 1.29 is 23.5 Å². The molecule has 0 unspecified atom stereocenters. The first-order valence-electron chi connectivity index (χ1n) is 14.6. The zero-order chi connectivity index (χ0) is 29.5. The second-order valence-corrected chi connectivity index (χ2v) is 11.2. The number of ether oxygens (including phenoxy) is 1. The highest BCUT2D eigenvalue weighted by atomic mass is 19.1. The number of nitrogens with zero attached hydrogens (tertiary/aromatic N) is 3. The van der Waals surface area contributed by atoms with Crippen molar-refractivity contribution in [2.75, 3.05) is 31.5 Å². The summed E-state index contributed by atoms with van der Waals surface area (Å²) in [5, 5.41) is 2.75. The SMILES string of the molecule is CC(=O)Nc1cccc(OC2CCN(C(=O)c3ccc(C(=O)CC4CCN(Cc5ccc(F)cc5)CC4)cn3)CC2)c1. The van der Waals surface area contributed by atoms with Crippen molar-refractivity contribution in [3.8, 4) is 5.75 Å². The molecular formula is C33H37FN4O4. The van der Waals surface area contributed by atoms with Gasteiger partial charge in [-0.05, 0) is 73.8 Å². The third-order valence-corrected chi connectivity index (χ3v) is 7.99. The van der Waals surface area contributed by atoms with Crippen LogP contribution in [-0.2, 0) is 11.3 Å². The summed E-state index contributed by atoms with van der Waals surface area (Å²) in [6.07, 6.45) is 5.24. The number of halogens is 1. The molecule has 2 aromatic carbocycles. The van der Waals surface area contributed by atoms with E-state index in [1.807, 2.05) is 30.3 Å². The molecule has 0 aliphatic carbocycles. The molecule has 2 fully saturated rings. The Kier molecular flexibility index (Phi) is 9.59. The number of amides is 2. The van der Waals surface area contributed by atoms with Crippen molar-refractivity contribution in [2.45, 2.75) is 51.7 Å². The van der Waals surface area contributed by atoms with Gasteiger partial charge >= 0.3 is 0 Å². The number of nitrogens with one attached hydrogen (secondary N) is 1. The molecule has 3 heterocycles. The molecule has 0 bridgehead atoms. The zero-order valence-electron chi connectivity index (χ0n) is 23.9. The fourth-order valence-corrected chi connectivity index (χ4v) is 5.64. The van der Waals surface area contributed by atoms with Crippen molar-refractivity contribution in [3.05, 3.63) is 89.5 Å².